The molecule has 0 fully saturated rings. The topological polar surface area (TPSA) is 76.0 Å². The first kappa shape index (κ1) is 29.1. The van der Waals surface area contributed by atoms with Crippen LogP contribution in [0.5, 0.6) is 17.2 Å². The van der Waals surface area contributed by atoms with Crippen LogP contribution in [0.1, 0.15) is 128 Å². The lowest BCUT2D eigenvalue weighted by Crippen LogP contribution is -2.12. The fourth-order valence-electron chi connectivity index (χ4n) is 4.37. The molecule has 5 nitrogen and oxygen atoms in total. The highest BCUT2D eigenvalue weighted by Gasteiger charge is 2.27. The van der Waals surface area contributed by atoms with Gasteiger partial charge in [0.25, 0.3) is 0 Å². The summed E-state index contributed by atoms with van der Waals surface area (Å²) < 4.78 is 11.4. The van der Waals surface area contributed by atoms with Gasteiger partial charge in [0.1, 0.15) is 0 Å². The normalized spacial score (nSPS) is 11.0. The maximum Gasteiger partial charge on any atom is 0.511 e. The number of benzene rings is 1. The van der Waals surface area contributed by atoms with Crippen molar-refractivity contribution in [2.45, 2.75) is 130 Å². The summed E-state index contributed by atoms with van der Waals surface area (Å²) in [6.07, 6.45) is 14.9. The minimum Gasteiger partial charge on any atom is -0.504 e. The highest BCUT2D eigenvalue weighted by atomic mass is 16.7. The third-order valence-electron chi connectivity index (χ3n) is 6.23. The van der Waals surface area contributed by atoms with Crippen LogP contribution in [0.25, 0.3) is 0 Å². The Morgan fingerprint density at radius 1 is 0.636 bits per heavy atom. The van der Waals surface area contributed by atoms with Crippen molar-refractivity contribution in [3.8, 4) is 17.2 Å². The van der Waals surface area contributed by atoms with Crippen LogP contribution in [0.15, 0.2) is 0 Å². The van der Waals surface area contributed by atoms with E-state index in [9.17, 15) is 15.0 Å². The maximum absolute atomic E-state index is 11.5. The lowest BCUT2D eigenvalue weighted by Gasteiger charge is -2.24. The van der Waals surface area contributed by atoms with Crippen LogP contribution in [-0.4, -0.2) is 23.0 Å². The molecule has 0 atom stereocenters. The molecule has 0 heterocycles. The minimum atomic E-state index is -1.42. The Labute approximate surface area is 201 Å². The summed E-state index contributed by atoms with van der Waals surface area (Å²) in [5.41, 5.74) is 3.07. The SMILES string of the molecule is CCCCCCOc1c(CCCCC)c(CCCCC)c(CCCCC)c(O)c1OC(=O)O. The smallest absolute Gasteiger partial charge is 0.504 e. The Morgan fingerprint density at radius 3 is 1.64 bits per heavy atom. The Balaban J connectivity index is 3.51. The fourth-order valence-corrected chi connectivity index (χ4v) is 4.37. The van der Waals surface area contributed by atoms with E-state index in [-0.39, 0.29) is 11.5 Å². The summed E-state index contributed by atoms with van der Waals surface area (Å²) in [5.74, 6) is 0.409. The molecule has 0 aliphatic heterocycles. The molecule has 33 heavy (non-hydrogen) atoms. The number of hydrogen-bond acceptors (Lipinski definition) is 4. The molecule has 0 aromatic heterocycles. The Hall–Kier alpha value is -1.91. The molecule has 5 heteroatoms. The zero-order valence-corrected chi connectivity index (χ0v) is 21.6. The molecule has 0 saturated heterocycles. The second-order valence-electron chi connectivity index (χ2n) is 9.09. The van der Waals surface area contributed by atoms with Crippen molar-refractivity contribution in [2.24, 2.45) is 0 Å². The molecule has 0 spiro atoms. The highest BCUT2D eigenvalue weighted by Crippen LogP contribution is 2.47. The van der Waals surface area contributed by atoms with Crippen molar-refractivity contribution in [3.05, 3.63) is 16.7 Å². The predicted molar refractivity (Wildman–Crippen MR) is 136 cm³/mol. The van der Waals surface area contributed by atoms with Gasteiger partial charge in [-0.25, -0.2) is 4.79 Å². The minimum absolute atomic E-state index is 0.00442. The van der Waals surface area contributed by atoms with Gasteiger partial charge in [-0.05, 0) is 50.5 Å². The number of carbonyl (C=O) groups is 1. The molecular formula is C28H48O5. The first-order valence-corrected chi connectivity index (χ1v) is 13.4. The van der Waals surface area contributed by atoms with Gasteiger partial charge in [-0.15, -0.1) is 0 Å². The van der Waals surface area contributed by atoms with Crippen molar-refractivity contribution in [1.82, 2.24) is 0 Å². The average molecular weight is 465 g/mol. The molecule has 0 amide bonds. The van der Waals surface area contributed by atoms with E-state index in [0.717, 1.165) is 119 Å². The largest absolute Gasteiger partial charge is 0.511 e. The average Bonchev–Trinajstić information content (AvgIpc) is 2.79. The van der Waals surface area contributed by atoms with Crippen LogP contribution in [0.4, 0.5) is 4.79 Å². The second kappa shape index (κ2) is 17.6. The van der Waals surface area contributed by atoms with Gasteiger partial charge in [0.05, 0.1) is 6.61 Å². The molecule has 0 saturated carbocycles. The van der Waals surface area contributed by atoms with Crippen LogP contribution in [-0.2, 0) is 19.3 Å². The van der Waals surface area contributed by atoms with Gasteiger partial charge >= 0.3 is 6.16 Å². The van der Waals surface area contributed by atoms with Crippen molar-refractivity contribution < 1.29 is 24.5 Å². The van der Waals surface area contributed by atoms with Crippen LogP contribution >= 0.6 is 0 Å². The molecule has 0 bridgehead atoms. The van der Waals surface area contributed by atoms with Gasteiger partial charge in [-0.3, -0.25) is 0 Å². The molecule has 1 aromatic carbocycles. The number of carboxylic acid groups (broad SMARTS) is 1. The van der Waals surface area contributed by atoms with E-state index in [0.29, 0.717) is 12.4 Å². The van der Waals surface area contributed by atoms with Crippen LogP contribution < -0.4 is 9.47 Å². The molecule has 190 valence electrons. The van der Waals surface area contributed by atoms with Crippen molar-refractivity contribution in [1.29, 1.82) is 0 Å². The van der Waals surface area contributed by atoms with Gasteiger partial charge < -0.3 is 19.7 Å². The van der Waals surface area contributed by atoms with E-state index in [4.69, 9.17) is 9.47 Å². The van der Waals surface area contributed by atoms with Crippen LogP contribution in [0.3, 0.4) is 0 Å². The van der Waals surface area contributed by atoms with Gasteiger partial charge in [0.15, 0.2) is 11.5 Å². The third-order valence-corrected chi connectivity index (χ3v) is 6.23. The van der Waals surface area contributed by atoms with Crippen molar-refractivity contribution >= 4 is 6.16 Å². The van der Waals surface area contributed by atoms with E-state index in [1.165, 1.54) is 0 Å². The summed E-state index contributed by atoms with van der Waals surface area (Å²) in [5, 5.41) is 20.6. The lowest BCUT2D eigenvalue weighted by atomic mass is 9.88. The van der Waals surface area contributed by atoms with E-state index in [2.05, 4.69) is 27.7 Å². The van der Waals surface area contributed by atoms with Gasteiger partial charge in [-0.1, -0.05) is 85.5 Å². The van der Waals surface area contributed by atoms with Gasteiger partial charge in [-0.2, -0.15) is 0 Å². The zero-order valence-electron chi connectivity index (χ0n) is 21.6. The maximum atomic E-state index is 11.5. The number of phenolic OH excluding ortho intramolecular Hbond substituents is 1. The lowest BCUT2D eigenvalue weighted by molar-refractivity contribution is 0.140. The number of rotatable bonds is 19. The van der Waals surface area contributed by atoms with E-state index >= 15 is 0 Å². The van der Waals surface area contributed by atoms with Crippen molar-refractivity contribution in [2.75, 3.05) is 6.61 Å². The summed E-state index contributed by atoms with van der Waals surface area (Å²) in [7, 11) is 0. The molecule has 0 radical (unpaired) electrons. The molecule has 2 N–H and O–H groups in total. The quantitative estimate of drug-likeness (QED) is 0.122. The summed E-state index contributed by atoms with van der Waals surface area (Å²) in [6, 6.07) is 0. The number of unbranched alkanes of at least 4 members (excludes halogenated alkanes) is 9. The summed E-state index contributed by atoms with van der Waals surface area (Å²) in [6.45, 7) is 9.20. The third kappa shape index (κ3) is 10.3. The van der Waals surface area contributed by atoms with E-state index in [1.807, 2.05) is 0 Å². The first-order chi connectivity index (χ1) is 16.0. The van der Waals surface area contributed by atoms with E-state index in [1.54, 1.807) is 0 Å². The van der Waals surface area contributed by atoms with Gasteiger partial charge in [0, 0.05) is 11.1 Å². The Kier molecular flexibility index (Phi) is 15.5. The number of phenols is 1. The highest BCUT2D eigenvalue weighted by molar-refractivity contribution is 5.70. The van der Waals surface area contributed by atoms with Gasteiger partial charge in [0.2, 0.25) is 5.75 Å². The summed E-state index contributed by atoms with van der Waals surface area (Å²) >= 11 is 0. The Bertz CT molecular complexity index is 684. The van der Waals surface area contributed by atoms with Crippen LogP contribution in [0, 0.1) is 0 Å². The number of hydrogen-bond donors (Lipinski definition) is 2. The molecule has 1 aromatic rings. The summed E-state index contributed by atoms with van der Waals surface area (Å²) in [4.78, 5) is 11.5. The molecule has 0 aliphatic rings. The molecule has 0 aliphatic carbocycles. The first-order valence-electron chi connectivity index (χ1n) is 13.4. The van der Waals surface area contributed by atoms with E-state index < -0.39 is 6.16 Å². The zero-order chi connectivity index (χ0) is 24.5. The molecule has 0 unspecified atom stereocenters. The number of aromatic hydroxyl groups is 1. The fraction of sp³-hybridized carbons (Fsp3) is 0.750. The predicted octanol–water partition coefficient (Wildman–Crippen LogP) is 8.61. The monoisotopic (exact) mass is 464 g/mol. The molecule has 1 rings (SSSR count). The van der Waals surface area contributed by atoms with Crippen LogP contribution in [0.2, 0.25) is 0 Å². The Morgan fingerprint density at radius 2 is 1.12 bits per heavy atom. The molecular weight excluding hydrogens is 416 g/mol. The second-order valence-corrected chi connectivity index (χ2v) is 9.09. The standard InChI is InChI=1S/C28H48O5/c1-5-9-13-17-21-32-26-24(20-16-12-8-4)22(18-14-10-6-2)23(19-15-11-7-3)25(29)27(26)33-28(30)31/h29H,5-21H2,1-4H3,(H,30,31). The van der Waals surface area contributed by atoms with Crippen molar-refractivity contribution in [3.63, 3.8) is 0 Å². The number of ether oxygens (including phenoxy) is 2.